The second kappa shape index (κ2) is 8.92. The number of methoxy groups -OCH3 is 1. The SMILES string of the molecule is COc1ccc(Cl)cc1NC(=O)[C@H](C)NCCc1ccc(Cl)cc1. The molecule has 0 saturated heterocycles. The summed E-state index contributed by atoms with van der Waals surface area (Å²) in [6.45, 7) is 2.50. The fourth-order valence-corrected chi connectivity index (χ4v) is 2.49. The van der Waals surface area contributed by atoms with Crippen LogP contribution in [0.15, 0.2) is 42.5 Å². The van der Waals surface area contributed by atoms with Gasteiger partial charge in [0.25, 0.3) is 0 Å². The van der Waals surface area contributed by atoms with Crippen LogP contribution < -0.4 is 15.4 Å². The highest BCUT2D eigenvalue weighted by molar-refractivity contribution is 6.31. The Morgan fingerprint density at radius 3 is 2.46 bits per heavy atom. The van der Waals surface area contributed by atoms with Crippen molar-refractivity contribution >= 4 is 34.8 Å². The van der Waals surface area contributed by atoms with Gasteiger partial charge in [-0.15, -0.1) is 0 Å². The Labute approximate surface area is 152 Å². The summed E-state index contributed by atoms with van der Waals surface area (Å²) in [7, 11) is 1.55. The number of benzene rings is 2. The first-order valence-electron chi connectivity index (χ1n) is 7.62. The molecule has 1 amide bonds. The number of halogens is 2. The minimum Gasteiger partial charge on any atom is -0.495 e. The predicted molar refractivity (Wildman–Crippen MR) is 99.3 cm³/mol. The van der Waals surface area contributed by atoms with Gasteiger partial charge in [0.15, 0.2) is 0 Å². The molecular weight excluding hydrogens is 347 g/mol. The molecule has 0 aliphatic rings. The quantitative estimate of drug-likeness (QED) is 0.773. The van der Waals surface area contributed by atoms with Crippen LogP contribution in [0.25, 0.3) is 0 Å². The number of nitrogens with one attached hydrogen (secondary N) is 2. The van der Waals surface area contributed by atoms with Crippen molar-refractivity contribution in [3.63, 3.8) is 0 Å². The monoisotopic (exact) mass is 366 g/mol. The average Bonchev–Trinajstić information content (AvgIpc) is 2.56. The van der Waals surface area contributed by atoms with E-state index in [-0.39, 0.29) is 11.9 Å². The number of anilines is 1. The van der Waals surface area contributed by atoms with Gasteiger partial charge in [0.05, 0.1) is 18.8 Å². The Balaban J connectivity index is 1.86. The van der Waals surface area contributed by atoms with E-state index < -0.39 is 0 Å². The second-order valence-electron chi connectivity index (χ2n) is 5.39. The molecule has 0 aromatic heterocycles. The lowest BCUT2D eigenvalue weighted by Gasteiger charge is -2.16. The number of carbonyl (C=O) groups is 1. The Morgan fingerprint density at radius 2 is 1.79 bits per heavy atom. The third-order valence-electron chi connectivity index (χ3n) is 3.59. The summed E-state index contributed by atoms with van der Waals surface area (Å²) in [5.41, 5.74) is 1.72. The Hall–Kier alpha value is -1.75. The molecule has 0 bridgehead atoms. The lowest BCUT2D eigenvalue weighted by atomic mass is 10.1. The maximum absolute atomic E-state index is 12.3. The number of ether oxygens (including phenoxy) is 1. The van der Waals surface area contributed by atoms with E-state index >= 15 is 0 Å². The lowest BCUT2D eigenvalue weighted by molar-refractivity contribution is -0.117. The van der Waals surface area contributed by atoms with Gasteiger partial charge in [0.2, 0.25) is 5.91 Å². The maximum Gasteiger partial charge on any atom is 0.241 e. The zero-order valence-corrected chi connectivity index (χ0v) is 15.1. The van der Waals surface area contributed by atoms with Crippen LogP contribution in [-0.2, 0) is 11.2 Å². The molecule has 2 aromatic rings. The van der Waals surface area contributed by atoms with E-state index in [1.54, 1.807) is 25.3 Å². The number of hydrogen-bond donors (Lipinski definition) is 2. The van der Waals surface area contributed by atoms with Crippen molar-refractivity contribution in [2.45, 2.75) is 19.4 Å². The van der Waals surface area contributed by atoms with Gasteiger partial charge in [-0.2, -0.15) is 0 Å². The van der Waals surface area contributed by atoms with Crippen molar-refractivity contribution in [2.24, 2.45) is 0 Å². The summed E-state index contributed by atoms with van der Waals surface area (Å²) in [6.07, 6.45) is 0.815. The summed E-state index contributed by atoms with van der Waals surface area (Å²) in [6, 6.07) is 12.4. The summed E-state index contributed by atoms with van der Waals surface area (Å²) < 4.78 is 5.23. The normalized spacial score (nSPS) is 11.8. The molecule has 1 atom stereocenters. The molecule has 0 heterocycles. The van der Waals surface area contributed by atoms with Gasteiger partial charge in [-0.1, -0.05) is 35.3 Å². The van der Waals surface area contributed by atoms with Crippen LogP contribution in [-0.4, -0.2) is 25.6 Å². The van der Waals surface area contributed by atoms with E-state index in [0.29, 0.717) is 23.0 Å². The van der Waals surface area contributed by atoms with Crippen molar-refractivity contribution < 1.29 is 9.53 Å². The molecule has 0 radical (unpaired) electrons. The molecule has 128 valence electrons. The Morgan fingerprint density at radius 1 is 1.12 bits per heavy atom. The van der Waals surface area contributed by atoms with Crippen molar-refractivity contribution in [3.05, 3.63) is 58.1 Å². The molecule has 2 aromatic carbocycles. The summed E-state index contributed by atoms with van der Waals surface area (Å²) >= 11 is 11.8. The first kappa shape index (κ1) is 18.6. The van der Waals surface area contributed by atoms with Crippen molar-refractivity contribution in [1.29, 1.82) is 0 Å². The number of rotatable bonds is 7. The van der Waals surface area contributed by atoms with Gasteiger partial charge in [0.1, 0.15) is 5.75 Å². The molecule has 6 heteroatoms. The molecule has 0 spiro atoms. The summed E-state index contributed by atoms with van der Waals surface area (Å²) in [5, 5.41) is 7.28. The minimum atomic E-state index is -0.346. The maximum atomic E-state index is 12.3. The van der Waals surface area contributed by atoms with Crippen LogP contribution in [0.2, 0.25) is 10.0 Å². The standard InChI is InChI=1S/C18H20Cl2N2O2/c1-12(21-10-9-13-3-5-14(19)6-4-13)18(23)22-16-11-15(20)7-8-17(16)24-2/h3-8,11-12,21H,9-10H2,1-2H3,(H,22,23)/t12-/m0/s1. The minimum absolute atomic E-state index is 0.147. The zero-order chi connectivity index (χ0) is 17.5. The topological polar surface area (TPSA) is 50.4 Å². The average molecular weight is 367 g/mol. The van der Waals surface area contributed by atoms with Gasteiger partial charge in [-0.05, 0) is 55.8 Å². The highest BCUT2D eigenvalue weighted by Crippen LogP contribution is 2.27. The smallest absolute Gasteiger partial charge is 0.241 e. The molecule has 0 aliphatic carbocycles. The first-order valence-corrected chi connectivity index (χ1v) is 8.37. The van der Waals surface area contributed by atoms with E-state index in [1.165, 1.54) is 0 Å². The number of amides is 1. The highest BCUT2D eigenvalue weighted by Gasteiger charge is 2.14. The van der Waals surface area contributed by atoms with E-state index in [2.05, 4.69) is 10.6 Å². The van der Waals surface area contributed by atoms with Crippen molar-refractivity contribution in [2.75, 3.05) is 19.0 Å². The third-order valence-corrected chi connectivity index (χ3v) is 4.08. The van der Waals surface area contributed by atoms with Crippen LogP contribution in [0, 0.1) is 0 Å². The van der Waals surface area contributed by atoms with E-state index in [0.717, 1.165) is 17.0 Å². The fourth-order valence-electron chi connectivity index (χ4n) is 2.20. The molecule has 0 saturated carbocycles. The lowest BCUT2D eigenvalue weighted by Crippen LogP contribution is -2.39. The summed E-state index contributed by atoms with van der Waals surface area (Å²) in [4.78, 5) is 12.3. The van der Waals surface area contributed by atoms with Gasteiger partial charge < -0.3 is 15.4 Å². The van der Waals surface area contributed by atoms with Crippen molar-refractivity contribution in [3.8, 4) is 5.75 Å². The van der Waals surface area contributed by atoms with Gasteiger partial charge >= 0.3 is 0 Å². The van der Waals surface area contributed by atoms with Crippen molar-refractivity contribution in [1.82, 2.24) is 5.32 Å². The number of hydrogen-bond acceptors (Lipinski definition) is 3. The Bertz CT molecular complexity index is 690. The van der Waals surface area contributed by atoms with E-state index in [4.69, 9.17) is 27.9 Å². The van der Waals surface area contributed by atoms with Gasteiger partial charge in [0, 0.05) is 10.0 Å². The molecule has 0 fully saturated rings. The first-order chi connectivity index (χ1) is 11.5. The van der Waals surface area contributed by atoms with Gasteiger partial charge in [-0.3, -0.25) is 4.79 Å². The third kappa shape index (κ3) is 5.41. The van der Waals surface area contributed by atoms with E-state index in [9.17, 15) is 4.79 Å². The molecule has 24 heavy (non-hydrogen) atoms. The van der Waals surface area contributed by atoms with Crippen LogP contribution in [0.3, 0.4) is 0 Å². The highest BCUT2D eigenvalue weighted by atomic mass is 35.5. The molecule has 2 rings (SSSR count). The largest absolute Gasteiger partial charge is 0.495 e. The van der Waals surface area contributed by atoms with Gasteiger partial charge in [-0.25, -0.2) is 0 Å². The van der Waals surface area contributed by atoms with Crippen LogP contribution >= 0.6 is 23.2 Å². The molecular formula is C18H20Cl2N2O2. The predicted octanol–water partition coefficient (Wildman–Crippen LogP) is 4.16. The molecule has 4 nitrogen and oxygen atoms in total. The summed E-state index contributed by atoms with van der Waals surface area (Å²) in [5.74, 6) is 0.424. The second-order valence-corrected chi connectivity index (χ2v) is 6.26. The van der Waals surface area contributed by atoms with Crippen LogP contribution in [0.1, 0.15) is 12.5 Å². The van der Waals surface area contributed by atoms with Crippen LogP contribution in [0.5, 0.6) is 5.75 Å². The molecule has 0 aliphatic heterocycles. The molecule has 2 N–H and O–H groups in total. The Kier molecular flexibility index (Phi) is 6.91. The van der Waals surface area contributed by atoms with Crippen LogP contribution in [0.4, 0.5) is 5.69 Å². The molecule has 0 unspecified atom stereocenters. The number of carbonyl (C=O) groups excluding carboxylic acids is 1. The zero-order valence-electron chi connectivity index (χ0n) is 13.6. The fraction of sp³-hybridized carbons (Fsp3) is 0.278. The van der Waals surface area contributed by atoms with E-state index in [1.807, 2.05) is 31.2 Å².